The lowest BCUT2D eigenvalue weighted by atomic mass is 9.66. The maximum absolute atomic E-state index is 9.90. The van der Waals surface area contributed by atoms with E-state index in [9.17, 15) is 5.11 Å². The van der Waals surface area contributed by atoms with Gasteiger partial charge in [0.2, 0.25) is 5.75 Å². The Kier molecular flexibility index (Phi) is 3.67. The third kappa shape index (κ3) is 2.11. The second-order valence-corrected chi connectivity index (χ2v) is 7.22. The maximum atomic E-state index is 9.90. The van der Waals surface area contributed by atoms with Crippen LogP contribution in [0.3, 0.4) is 0 Å². The fraction of sp³-hybridized carbons (Fsp3) is 0.273. The van der Waals surface area contributed by atoms with Crippen LogP contribution in [0.5, 0.6) is 28.7 Å². The van der Waals surface area contributed by atoms with Crippen molar-refractivity contribution in [1.29, 1.82) is 0 Å². The molecular weight excluding hydrogens is 344 g/mol. The van der Waals surface area contributed by atoms with Gasteiger partial charge in [0.05, 0.1) is 20.5 Å². The van der Waals surface area contributed by atoms with E-state index < -0.39 is 11.0 Å². The van der Waals surface area contributed by atoms with E-state index in [1.54, 1.807) is 32.6 Å². The van der Waals surface area contributed by atoms with Gasteiger partial charge in [0.25, 0.3) is 0 Å². The van der Waals surface area contributed by atoms with E-state index in [0.29, 0.717) is 23.0 Å². The van der Waals surface area contributed by atoms with Crippen LogP contribution in [0.1, 0.15) is 25.0 Å². The zero-order valence-corrected chi connectivity index (χ0v) is 15.8. The number of methoxy groups -OCH3 is 2. The van der Waals surface area contributed by atoms with Gasteiger partial charge in [-0.05, 0) is 24.3 Å². The summed E-state index contributed by atoms with van der Waals surface area (Å²) >= 11 is 0. The number of ether oxygens (including phenoxy) is 4. The maximum Gasteiger partial charge on any atom is 0.204 e. The third-order valence-electron chi connectivity index (χ3n) is 5.49. The highest BCUT2D eigenvalue weighted by molar-refractivity contribution is 5.87. The molecule has 0 spiro atoms. The first-order valence-electron chi connectivity index (χ1n) is 8.68. The molecule has 0 radical (unpaired) electrons. The zero-order chi connectivity index (χ0) is 19.4. The topological polar surface area (TPSA) is 57.2 Å². The van der Waals surface area contributed by atoms with Gasteiger partial charge in [-0.15, -0.1) is 6.58 Å². The summed E-state index contributed by atoms with van der Waals surface area (Å²) in [6.07, 6.45) is 3.56. The van der Waals surface area contributed by atoms with Crippen molar-refractivity contribution in [2.75, 3.05) is 14.2 Å². The lowest BCUT2D eigenvalue weighted by Crippen LogP contribution is -2.45. The molecule has 0 saturated heterocycles. The first-order chi connectivity index (χ1) is 12.9. The Morgan fingerprint density at radius 2 is 1.93 bits per heavy atom. The van der Waals surface area contributed by atoms with Crippen molar-refractivity contribution < 1.29 is 24.1 Å². The van der Waals surface area contributed by atoms with Crippen LogP contribution in [-0.2, 0) is 5.60 Å². The summed E-state index contributed by atoms with van der Waals surface area (Å²) in [6, 6.07) is 8.85. The van der Waals surface area contributed by atoms with Gasteiger partial charge in [-0.3, -0.25) is 0 Å². The van der Waals surface area contributed by atoms with E-state index >= 15 is 0 Å². The van der Waals surface area contributed by atoms with Gasteiger partial charge >= 0.3 is 0 Å². The van der Waals surface area contributed by atoms with Crippen molar-refractivity contribution in [2.45, 2.75) is 19.4 Å². The largest absolute Gasteiger partial charge is 0.508 e. The standard InChI is InChI=1S/C22H22O5/c1-6-21(2,3)22-15-9-7-13(23)11-18(15)26-12-16(22)14-8-10-17(24-4)20(25-5)19(14)27-22/h6-12,23H,1H2,2-5H3. The number of fused-ring (bicyclic) bond motifs is 5. The lowest BCUT2D eigenvalue weighted by molar-refractivity contribution is 0.0389. The van der Waals surface area contributed by atoms with Crippen molar-refractivity contribution in [1.82, 2.24) is 0 Å². The Labute approximate surface area is 158 Å². The van der Waals surface area contributed by atoms with Gasteiger partial charge in [0.1, 0.15) is 11.5 Å². The molecule has 2 aliphatic heterocycles. The van der Waals surface area contributed by atoms with Crippen molar-refractivity contribution >= 4 is 5.57 Å². The normalized spacial score (nSPS) is 19.6. The van der Waals surface area contributed by atoms with Crippen molar-refractivity contribution in [2.24, 2.45) is 5.41 Å². The quantitative estimate of drug-likeness (QED) is 0.799. The highest BCUT2D eigenvalue weighted by Gasteiger charge is 2.58. The Morgan fingerprint density at radius 1 is 1.15 bits per heavy atom. The number of benzene rings is 2. The number of phenolic OH excluding ortho intramolecular Hbond substituents is 1. The fourth-order valence-electron chi connectivity index (χ4n) is 3.95. The number of aromatic hydroxyl groups is 1. The molecule has 2 aromatic rings. The van der Waals surface area contributed by atoms with Crippen LogP contribution in [0.15, 0.2) is 49.2 Å². The summed E-state index contributed by atoms with van der Waals surface area (Å²) in [5.41, 5.74) is 1.20. The van der Waals surface area contributed by atoms with Crippen LogP contribution in [-0.4, -0.2) is 19.3 Å². The summed E-state index contributed by atoms with van der Waals surface area (Å²) in [7, 11) is 3.18. The molecule has 2 aromatic carbocycles. The predicted molar refractivity (Wildman–Crippen MR) is 103 cm³/mol. The molecule has 5 heteroatoms. The Bertz CT molecular complexity index is 973. The number of hydrogen-bond donors (Lipinski definition) is 1. The number of hydrogen-bond acceptors (Lipinski definition) is 5. The second-order valence-electron chi connectivity index (χ2n) is 7.22. The van der Waals surface area contributed by atoms with Gasteiger partial charge in [0.15, 0.2) is 17.1 Å². The predicted octanol–water partition coefficient (Wildman–Crippen LogP) is 4.64. The van der Waals surface area contributed by atoms with Gasteiger partial charge < -0.3 is 24.1 Å². The number of phenols is 1. The minimum atomic E-state index is -0.877. The highest BCUT2D eigenvalue weighted by atomic mass is 16.6. The van der Waals surface area contributed by atoms with Crippen LogP contribution in [0.2, 0.25) is 0 Å². The van der Waals surface area contributed by atoms with Crippen LogP contribution in [0.4, 0.5) is 0 Å². The van der Waals surface area contributed by atoms with E-state index in [4.69, 9.17) is 18.9 Å². The minimum Gasteiger partial charge on any atom is -0.508 e. The summed E-state index contributed by atoms with van der Waals surface area (Å²) < 4.78 is 23.6. The van der Waals surface area contributed by atoms with Crippen molar-refractivity contribution in [3.8, 4) is 28.7 Å². The monoisotopic (exact) mass is 366 g/mol. The molecule has 0 amide bonds. The summed E-state index contributed by atoms with van der Waals surface area (Å²) in [4.78, 5) is 0. The molecule has 0 fully saturated rings. The average Bonchev–Trinajstić information content (AvgIpc) is 3.03. The first-order valence-corrected chi connectivity index (χ1v) is 8.68. The third-order valence-corrected chi connectivity index (χ3v) is 5.49. The molecule has 0 bridgehead atoms. The van der Waals surface area contributed by atoms with E-state index in [1.807, 2.05) is 24.3 Å². The van der Waals surface area contributed by atoms with Crippen molar-refractivity contribution in [3.05, 3.63) is 60.4 Å². The van der Waals surface area contributed by atoms with Gasteiger partial charge in [-0.2, -0.15) is 0 Å². The molecule has 0 aromatic heterocycles. The molecule has 2 aliphatic rings. The molecule has 140 valence electrons. The molecule has 5 nitrogen and oxygen atoms in total. The lowest BCUT2D eigenvalue weighted by Gasteiger charge is -2.44. The molecule has 2 heterocycles. The van der Waals surface area contributed by atoms with E-state index in [-0.39, 0.29) is 5.75 Å². The Morgan fingerprint density at radius 3 is 2.59 bits per heavy atom. The summed E-state index contributed by atoms with van der Waals surface area (Å²) in [6.45, 7) is 8.16. The molecule has 0 aliphatic carbocycles. The van der Waals surface area contributed by atoms with Crippen LogP contribution < -0.4 is 18.9 Å². The Hall–Kier alpha value is -3.08. The van der Waals surface area contributed by atoms with Gasteiger partial charge in [-0.1, -0.05) is 19.9 Å². The molecule has 0 saturated carbocycles. The molecule has 27 heavy (non-hydrogen) atoms. The average molecular weight is 366 g/mol. The van der Waals surface area contributed by atoms with Crippen molar-refractivity contribution in [3.63, 3.8) is 0 Å². The smallest absolute Gasteiger partial charge is 0.204 e. The molecular formula is C22H22O5. The molecule has 1 atom stereocenters. The van der Waals surface area contributed by atoms with Gasteiger partial charge in [-0.25, -0.2) is 0 Å². The van der Waals surface area contributed by atoms with Crippen LogP contribution in [0.25, 0.3) is 5.57 Å². The summed E-state index contributed by atoms with van der Waals surface area (Å²) in [5.74, 6) is 2.40. The minimum absolute atomic E-state index is 0.131. The van der Waals surface area contributed by atoms with Gasteiger partial charge in [0, 0.05) is 28.2 Å². The van der Waals surface area contributed by atoms with E-state index in [1.165, 1.54) is 0 Å². The highest BCUT2D eigenvalue weighted by Crippen LogP contribution is 2.64. The summed E-state index contributed by atoms with van der Waals surface area (Å²) in [5, 5.41) is 9.90. The molecule has 4 rings (SSSR count). The fourth-order valence-corrected chi connectivity index (χ4v) is 3.95. The Balaban J connectivity index is 2.05. The second kappa shape index (κ2) is 5.71. The van der Waals surface area contributed by atoms with E-state index in [0.717, 1.165) is 16.7 Å². The first kappa shape index (κ1) is 17.3. The molecule has 1 unspecified atom stereocenters. The van der Waals surface area contributed by atoms with E-state index in [2.05, 4.69) is 20.4 Å². The SMILES string of the molecule is C=CC(C)(C)C12Oc3c(ccc(OC)c3OC)C1=COc1cc(O)ccc12. The number of rotatable bonds is 4. The van der Waals surface area contributed by atoms with Crippen LogP contribution >= 0.6 is 0 Å². The van der Waals surface area contributed by atoms with Crippen LogP contribution in [0, 0.1) is 5.41 Å². The molecule has 1 N–H and O–H groups in total. The zero-order valence-electron chi connectivity index (χ0n) is 15.8.